The molecule has 0 bridgehead atoms. The van der Waals surface area contributed by atoms with Gasteiger partial charge in [0.05, 0.1) is 26.4 Å². The lowest BCUT2D eigenvalue weighted by Gasteiger charge is -2.21. The Morgan fingerprint density at radius 2 is 0.477 bits per heavy atom. The van der Waals surface area contributed by atoms with Gasteiger partial charge in [-0.2, -0.15) is 0 Å². The summed E-state index contributed by atoms with van der Waals surface area (Å²) in [6.45, 7) is 9.72. The minimum absolute atomic E-state index is 0.108. The van der Waals surface area contributed by atoms with Gasteiger partial charge in [-0.15, -0.1) is 0 Å². The Bertz CT molecular complexity index is 2050. The van der Waals surface area contributed by atoms with Gasteiger partial charge in [-0.25, -0.2) is 9.13 Å². The Balaban J connectivity index is 5.25. The predicted molar refractivity (Wildman–Crippen MR) is 442 cm³/mol. The van der Waals surface area contributed by atoms with Gasteiger partial charge in [0, 0.05) is 25.7 Å². The van der Waals surface area contributed by atoms with Gasteiger partial charge in [0.2, 0.25) is 0 Å². The Hall–Kier alpha value is -1.94. The van der Waals surface area contributed by atoms with E-state index in [1.165, 1.54) is 289 Å². The largest absolute Gasteiger partial charge is 0.472 e. The average molecular weight is 1560 g/mol. The molecule has 0 aliphatic carbocycles. The van der Waals surface area contributed by atoms with E-state index in [0.717, 1.165) is 102 Å². The third-order valence-corrected chi connectivity index (χ3v) is 23.0. The number of hydrogen-bond acceptors (Lipinski definition) is 15. The van der Waals surface area contributed by atoms with Gasteiger partial charge in [0.25, 0.3) is 0 Å². The van der Waals surface area contributed by atoms with E-state index in [4.69, 9.17) is 37.0 Å². The number of esters is 4. The average Bonchev–Trinajstić information content (AvgIpc) is 0.903. The van der Waals surface area contributed by atoms with Crippen molar-refractivity contribution in [3.05, 3.63) is 0 Å². The molecule has 3 N–H and O–H groups in total. The van der Waals surface area contributed by atoms with Crippen molar-refractivity contribution >= 4 is 39.5 Å². The van der Waals surface area contributed by atoms with Gasteiger partial charge in [-0.3, -0.25) is 37.3 Å². The molecule has 19 heteroatoms. The molecular formula is C88H172O17P2. The molecule has 0 heterocycles. The molecule has 0 radical (unpaired) electrons. The van der Waals surface area contributed by atoms with E-state index in [1.807, 2.05) is 0 Å². The van der Waals surface area contributed by atoms with E-state index < -0.39 is 97.5 Å². The van der Waals surface area contributed by atoms with Crippen LogP contribution in [0.1, 0.15) is 472 Å². The lowest BCUT2D eigenvalue weighted by atomic mass is 9.99. The molecule has 0 aliphatic rings. The van der Waals surface area contributed by atoms with Crippen molar-refractivity contribution in [3.63, 3.8) is 0 Å². The Morgan fingerprint density at radius 1 is 0.271 bits per heavy atom. The Labute approximate surface area is 658 Å². The van der Waals surface area contributed by atoms with E-state index >= 15 is 0 Å². The quantitative estimate of drug-likeness (QED) is 0.0222. The summed E-state index contributed by atoms with van der Waals surface area (Å²) in [7, 11) is -9.93. The van der Waals surface area contributed by atoms with E-state index in [9.17, 15) is 43.2 Å². The van der Waals surface area contributed by atoms with Crippen LogP contribution in [0.15, 0.2) is 0 Å². The Kier molecular flexibility index (Phi) is 77.9. The monoisotopic (exact) mass is 1560 g/mol. The molecule has 0 fully saturated rings. The molecule has 0 aromatic carbocycles. The second kappa shape index (κ2) is 79.3. The first kappa shape index (κ1) is 105. The number of ether oxygens (including phenoxy) is 4. The fourth-order valence-electron chi connectivity index (χ4n) is 13.7. The molecule has 0 saturated heterocycles. The minimum Gasteiger partial charge on any atom is -0.462 e. The first-order valence-corrected chi connectivity index (χ1v) is 48.5. The maximum absolute atomic E-state index is 13.2. The molecule has 636 valence electrons. The van der Waals surface area contributed by atoms with Crippen LogP contribution in [0.3, 0.4) is 0 Å². The van der Waals surface area contributed by atoms with Crippen LogP contribution in [0.5, 0.6) is 0 Å². The van der Waals surface area contributed by atoms with Crippen LogP contribution >= 0.6 is 15.6 Å². The minimum atomic E-state index is -4.97. The number of phosphoric acid groups is 2. The fraction of sp³-hybridized carbons (Fsp3) is 0.955. The van der Waals surface area contributed by atoms with Crippen molar-refractivity contribution in [2.75, 3.05) is 39.6 Å². The zero-order chi connectivity index (χ0) is 78.5. The van der Waals surface area contributed by atoms with Gasteiger partial charge in [0.15, 0.2) is 12.2 Å². The van der Waals surface area contributed by atoms with Crippen LogP contribution < -0.4 is 0 Å². The maximum atomic E-state index is 13.2. The number of carbonyl (C=O) groups is 4. The molecule has 0 spiro atoms. The van der Waals surface area contributed by atoms with E-state index in [-0.39, 0.29) is 25.7 Å². The smallest absolute Gasteiger partial charge is 0.462 e. The molecular weight excluding hydrogens is 1390 g/mol. The van der Waals surface area contributed by atoms with Crippen molar-refractivity contribution < 1.29 is 80.2 Å². The molecule has 3 unspecified atom stereocenters. The summed E-state index contributed by atoms with van der Waals surface area (Å²) in [5.41, 5.74) is 0. The SMILES string of the molecule is CCCCCCCCCCCCCCCCCCCCCCCC(=O)O[C@H](COC(=O)CCCCCCCCCCCCCCCCCC(C)C)COP(=O)(O)OC[C@@H](O)COP(=O)(O)OC[C@@H](COC(=O)CCCCCCCCCCC(C)CC)OC(=O)CCCCCCCCCCCCCCCCCC. The fourth-order valence-corrected chi connectivity index (χ4v) is 15.3. The van der Waals surface area contributed by atoms with Crippen molar-refractivity contribution in [3.8, 4) is 0 Å². The highest BCUT2D eigenvalue weighted by atomic mass is 31.2. The Morgan fingerprint density at radius 3 is 0.710 bits per heavy atom. The molecule has 17 nitrogen and oxygen atoms in total. The summed E-state index contributed by atoms with van der Waals surface area (Å²) in [6, 6.07) is 0. The van der Waals surface area contributed by atoms with Crippen LogP contribution in [0.4, 0.5) is 0 Å². The number of unbranched alkanes of at least 4 members (excludes halogenated alkanes) is 56. The summed E-state index contributed by atoms with van der Waals surface area (Å²) in [4.78, 5) is 73.3. The summed E-state index contributed by atoms with van der Waals surface area (Å²) >= 11 is 0. The van der Waals surface area contributed by atoms with Crippen molar-refractivity contribution in [1.29, 1.82) is 0 Å². The van der Waals surface area contributed by atoms with Crippen LogP contribution in [-0.2, 0) is 65.4 Å². The van der Waals surface area contributed by atoms with Crippen molar-refractivity contribution in [2.24, 2.45) is 11.8 Å². The second-order valence-corrected chi connectivity index (χ2v) is 35.3. The van der Waals surface area contributed by atoms with E-state index in [2.05, 4.69) is 41.5 Å². The van der Waals surface area contributed by atoms with Crippen LogP contribution in [-0.4, -0.2) is 96.7 Å². The summed E-state index contributed by atoms with van der Waals surface area (Å²) in [5.74, 6) is -0.515. The topological polar surface area (TPSA) is 237 Å². The number of aliphatic hydroxyl groups is 1. The molecule has 0 rings (SSSR count). The summed E-state index contributed by atoms with van der Waals surface area (Å²) in [5, 5.41) is 10.7. The summed E-state index contributed by atoms with van der Waals surface area (Å²) in [6.07, 6.45) is 72.2. The van der Waals surface area contributed by atoms with Gasteiger partial charge >= 0.3 is 39.5 Å². The number of hydrogen-bond donors (Lipinski definition) is 3. The predicted octanol–water partition coefficient (Wildman–Crippen LogP) is 27.0. The first-order valence-electron chi connectivity index (χ1n) is 45.5. The zero-order valence-corrected chi connectivity index (χ0v) is 72.2. The molecule has 0 aromatic rings. The highest BCUT2D eigenvalue weighted by Gasteiger charge is 2.31. The number of aliphatic hydroxyl groups excluding tert-OH is 1. The maximum Gasteiger partial charge on any atom is 0.472 e. The van der Waals surface area contributed by atoms with Gasteiger partial charge in [0.1, 0.15) is 19.3 Å². The molecule has 0 aromatic heterocycles. The number of carbonyl (C=O) groups excluding carboxylic acids is 4. The van der Waals surface area contributed by atoms with Crippen LogP contribution in [0.25, 0.3) is 0 Å². The van der Waals surface area contributed by atoms with E-state index in [0.29, 0.717) is 25.7 Å². The van der Waals surface area contributed by atoms with E-state index in [1.54, 1.807) is 0 Å². The van der Waals surface area contributed by atoms with Gasteiger partial charge in [-0.05, 0) is 37.5 Å². The summed E-state index contributed by atoms with van der Waals surface area (Å²) < 4.78 is 69.0. The van der Waals surface area contributed by atoms with Crippen molar-refractivity contribution in [2.45, 2.75) is 490 Å². The second-order valence-electron chi connectivity index (χ2n) is 32.4. The highest BCUT2D eigenvalue weighted by molar-refractivity contribution is 7.47. The van der Waals surface area contributed by atoms with Crippen LogP contribution in [0, 0.1) is 11.8 Å². The molecule has 6 atom stereocenters. The normalized spacial score (nSPS) is 14.0. The van der Waals surface area contributed by atoms with Gasteiger partial charge in [-0.1, -0.05) is 420 Å². The van der Waals surface area contributed by atoms with Crippen molar-refractivity contribution in [1.82, 2.24) is 0 Å². The first-order chi connectivity index (χ1) is 51.9. The van der Waals surface area contributed by atoms with Crippen LogP contribution in [0.2, 0.25) is 0 Å². The molecule has 107 heavy (non-hydrogen) atoms. The lowest BCUT2D eigenvalue weighted by Crippen LogP contribution is -2.30. The molecule has 0 amide bonds. The number of rotatable bonds is 87. The zero-order valence-electron chi connectivity index (χ0n) is 70.5. The molecule has 0 aliphatic heterocycles. The highest BCUT2D eigenvalue weighted by Crippen LogP contribution is 2.45. The van der Waals surface area contributed by atoms with Gasteiger partial charge < -0.3 is 33.8 Å². The third-order valence-electron chi connectivity index (χ3n) is 21.1. The lowest BCUT2D eigenvalue weighted by molar-refractivity contribution is -0.161. The number of phosphoric ester groups is 2. The standard InChI is InChI=1S/C88H172O17P2/c1-7-10-12-14-16-18-20-22-24-26-27-28-29-30-34-39-43-47-55-61-67-73-87(92)104-83(76-98-85(90)70-64-58-52-45-41-37-35-31-32-36-40-44-50-56-62-68-80(4)5)78-102-106(94,95)100-74-82(89)75-101-107(96,97)103-79-84(77-99-86(91)71-65-59-53-49-48-51-57-63-69-81(6)9-3)105-88(93)72-66-60-54-46-42-38-33-25-23-21-19-17-15-13-11-8-2/h80-84,89H,7-79H2,1-6H3,(H,94,95)(H,96,97)/t81?,82-,83-,84-/m1/s1. The third kappa shape index (κ3) is 80.5. The molecule has 0 saturated carbocycles.